The molecule has 0 aliphatic heterocycles. The van der Waals surface area contributed by atoms with Crippen LogP contribution >= 0.6 is 0 Å². The molecule has 0 aromatic rings. The molecule has 0 spiro atoms. The van der Waals surface area contributed by atoms with Crippen LogP contribution in [0.15, 0.2) is 0 Å². The minimum atomic E-state index is -2.72. The first-order chi connectivity index (χ1) is 8.13. The van der Waals surface area contributed by atoms with Crippen molar-refractivity contribution in [1.82, 2.24) is 0 Å². The third-order valence-electron chi connectivity index (χ3n) is 2.10. The second-order valence-electron chi connectivity index (χ2n) is 3.92. The van der Waals surface area contributed by atoms with Crippen molar-refractivity contribution in [3.05, 3.63) is 0 Å². The molecule has 0 aliphatic rings. The molecule has 0 aliphatic carbocycles. The fraction of sp³-hybridized carbons (Fsp3) is 0.833. The molecule has 0 heterocycles. The second-order valence-corrected chi connectivity index (χ2v) is 8.64. The number of carbonyl (C=O) groups is 2. The average molecular weight is 350 g/mol. The molecule has 99 valence electrons. The molecular formula is C12H23O4Sn. The summed E-state index contributed by atoms with van der Waals surface area (Å²) in [5.74, 6) is -0.412. The molecular weight excluding hydrogens is 327 g/mol. The van der Waals surface area contributed by atoms with E-state index in [9.17, 15) is 9.59 Å². The van der Waals surface area contributed by atoms with E-state index in [4.69, 9.17) is 6.15 Å². The molecule has 0 unspecified atom stereocenters. The van der Waals surface area contributed by atoms with Crippen molar-refractivity contribution in [3.63, 3.8) is 0 Å². The van der Waals surface area contributed by atoms with Crippen LogP contribution in [-0.2, 0) is 15.7 Å². The van der Waals surface area contributed by atoms with E-state index in [2.05, 4.69) is 6.92 Å². The first-order valence-corrected chi connectivity index (χ1v) is 10.8. The number of unbranched alkanes of at least 4 members (excludes halogenated alkanes) is 1. The van der Waals surface area contributed by atoms with Crippen molar-refractivity contribution in [1.29, 1.82) is 0 Å². The summed E-state index contributed by atoms with van der Waals surface area (Å²) in [6.07, 6.45) is 4.37. The summed E-state index contributed by atoms with van der Waals surface area (Å²) in [6.45, 7) is 5.93. The Morgan fingerprint density at radius 1 is 0.882 bits per heavy atom. The van der Waals surface area contributed by atoms with E-state index in [1.165, 1.54) is 0 Å². The summed E-state index contributed by atoms with van der Waals surface area (Å²) in [7, 11) is 0. The van der Waals surface area contributed by atoms with Gasteiger partial charge in [0.05, 0.1) is 0 Å². The van der Waals surface area contributed by atoms with Crippen molar-refractivity contribution >= 4 is 32.5 Å². The van der Waals surface area contributed by atoms with E-state index in [-0.39, 0.29) is 11.9 Å². The van der Waals surface area contributed by atoms with Gasteiger partial charge >= 0.3 is 112 Å². The molecule has 0 aromatic carbocycles. The molecule has 5 heteroatoms. The van der Waals surface area contributed by atoms with Gasteiger partial charge < -0.3 is 0 Å². The maximum absolute atomic E-state index is 11.4. The fourth-order valence-electron chi connectivity index (χ4n) is 1.21. The van der Waals surface area contributed by atoms with Gasteiger partial charge in [-0.15, -0.1) is 0 Å². The summed E-state index contributed by atoms with van der Waals surface area (Å²) in [5, 5.41) is 0. The summed E-state index contributed by atoms with van der Waals surface area (Å²) in [6, 6.07) is 0. The van der Waals surface area contributed by atoms with Crippen molar-refractivity contribution < 1.29 is 15.7 Å². The van der Waals surface area contributed by atoms with Gasteiger partial charge in [0, 0.05) is 0 Å². The predicted molar refractivity (Wildman–Crippen MR) is 67.5 cm³/mol. The number of rotatable bonds is 9. The number of carbonyl (C=O) groups excluding carboxylic acids is 2. The van der Waals surface area contributed by atoms with Gasteiger partial charge in [0.2, 0.25) is 0 Å². The summed E-state index contributed by atoms with van der Waals surface area (Å²) >= 11 is -2.72. The van der Waals surface area contributed by atoms with Gasteiger partial charge in [-0.2, -0.15) is 0 Å². The summed E-state index contributed by atoms with van der Waals surface area (Å²) < 4.78 is 11.4. The molecule has 1 radical (unpaired) electrons. The van der Waals surface area contributed by atoms with Crippen molar-refractivity contribution in [2.75, 3.05) is 0 Å². The van der Waals surface area contributed by atoms with E-state index in [0.717, 1.165) is 30.1 Å². The van der Waals surface area contributed by atoms with E-state index in [1.54, 1.807) is 0 Å². The van der Waals surface area contributed by atoms with Crippen LogP contribution < -0.4 is 0 Å². The van der Waals surface area contributed by atoms with Crippen molar-refractivity contribution in [2.24, 2.45) is 0 Å². The van der Waals surface area contributed by atoms with Crippen LogP contribution in [0, 0.1) is 0 Å². The molecule has 0 N–H and O–H groups in total. The molecule has 0 saturated heterocycles. The van der Waals surface area contributed by atoms with Crippen LogP contribution in [0.3, 0.4) is 0 Å². The minimum absolute atomic E-state index is 0.206. The van der Waals surface area contributed by atoms with Gasteiger partial charge in [0.1, 0.15) is 0 Å². The Morgan fingerprint density at radius 3 is 1.71 bits per heavy atom. The van der Waals surface area contributed by atoms with E-state index in [1.807, 2.05) is 13.8 Å². The molecule has 0 aromatic heterocycles. The zero-order valence-corrected chi connectivity index (χ0v) is 13.9. The van der Waals surface area contributed by atoms with Gasteiger partial charge in [0.25, 0.3) is 0 Å². The standard InChI is InChI=1S/2C4H8O2.C4H9.Sn/c2*1-2-3-4(5)6;1-3-4-2;/h2*2-3H2,1H3,(H,5,6);1,3-4H2,2H3;/q;;;+2/p-2. The Bertz CT molecular complexity index is 211. The van der Waals surface area contributed by atoms with Gasteiger partial charge in [0.15, 0.2) is 0 Å². The normalized spacial score (nSPS) is 10.4. The molecule has 0 fully saturated rings. The Labute approximate surface area is 112 Å². The van der Waals surface area contributed by atoms with Crippen LogP contribution in [0.25, 0.3) is 0 Å². The third kappa shape index (κ3) is 9.44. The van der Waals surface area contributed by atoms with Crippen LogP contribution in [0.1, 0.15) is 59.3 Å². The van der Waals surface area contributed by atoms with Crippen LogP contribution in [0.5, 0.6) is 0 Å². The Balaban J connectivity index is 4.12. The zero-order chi connectivity index (χ0) is 13.1. The first kappa shape index (κ1) is 16.7. The van der Waals surface area contributed by atoms with Gasteiger partial charge in [-0.05, 0) is 0 Å². The van der Waals surface area contributed by atoms with Gasteiger partial charge in [-0.3, -0.25) is 0 Å². The van der Waals surface area contributed by atoms with E-state index < -0.39 is 20.6 Å². The van der Waals surface area contributed by atoms with Gasteiger partial charge in [-0.25, -0.2) is 0 Å². The summed E-state index contributed by atoms with van der Waals surface area (Å²) in [4.78, 5) is 22.8. The Morgan fingerprint density at radius 2 is 1.35 bits per heavy atom. The van der Waals surface area contributed by atoms with Crippen molar-refractivity contribution in [2.45, 2.75) is 63.7 Å². The van der Waals surface area contributed by atoms with Crippen LogP contribution in [0.4, 0.5) is 0 Å². The molecule has 17 heavy (non-hydrogen) atoms. The topological polar surface area (TPSA) is 52.6 Å². The molecule has 0 amide bonds. The zero-order valence-electron chi connectivity index (χ0n) is 11.1. The quantitative estimate of drug-likeness (QED) is 0.600. The fourth-order valence-corrected chi connectivity index (χ4v) is 5.77. The Hall–Kier alpha value is -0.261. The predicted octanol–water partition coefficient (Wildman–Crippen LogP) is 2.96. The van der Waals surface area contributed by atoms with E-state index >= 15 is 0 Å². The van der Waals surface area contributed by atoms with Crippen LogP contribution in [-0.4, -0.2) is 32.5 Å². The monoisotopic (exact) mass is 351 g/mol. The molecule has 4 nitrogen and oxygen atoms in total. The molecule has 0 bridgehead atoms. The molecule has 0 saturated carbocycles. The summed E-state index contributed by atoms with van der Waals surface area (Å²) in [5.41, 5.74) is 0. The SMILES string of the molecule is CCC[CH2][Sn]([O]C(=O)CCC)[O]C(=O)CCC. The molecule has 0 atom stereocenters. The van der Waals surface area contributed by atoms with Gasteiger partial charge in [-0.1, -0.05) is 0 Å². The maximum atomic E-state index is 11.4. The second kappa shape index (κ2) is 10.9. The average Bonchev–Trinajstić information content (AvgIpc) is 2.26. The number of hydrogen-bond acceptors (Lipinski definition) is 4. The Kier molecular flexibility index (Phi) is 10.7. The van der Waals surface area contributed by atoms with Crippen molar-refractivity contribution in [3.8, 4) is 0 Å². The number of hydrogen-bond donors (Lipinski definition) is 0. The first-order valence-electron chi connectivity index (χ1n) is 6.41. The third-order valence-corrected chi connectivity index (χ3v) is 6.87. The molecule has 0 rings (SSSR count). The van der Waals surface area contributed by atoms with E-state index in [0.29, 0.717) is 12.8 Å². The van der Waals surface area contributed by atoms with Crippen LogP contribution in [0.2, 0.25) is 4.44 Å².